The summed E-state index contributed by atoms with van der Waals surface area (Å²) < 4.78 is 5.25. The maximum Gasteiger partial charge on any atom is 0.412 e. The van der Waals surface area contributed by atoms with Gasteiger partial charge in [0.05, 0.1) is 0 Å². The summed E-state index contributed by atoms with van der Waals surface area (Å²) in [7, 11) is 0. The Morgan fingerprint density at radius 2 is 1.68 bits per heavy atom. The molecule has 0 aliphatic carbocycles. The van der Waals surface area contributed by atoms with Crippen LogP contribution in [0.3, 0.4) is 0 Å². The highest BCUT2D eigenvalue weighted by atomic mass is 16.6. The average Bonchev–Trinajstić information content (AvgIpc) is 2.67. The molecule has 0 radical (unpaired) electrons. The van der Waals surface area contributed by atoms with E-state index in [0.29, 0.717) is 12.5 Å². The van der Waals surface area contributed by atoms with Crippen molar-refractivity contribution in [1.82, 2.24) is 5.32 Å². The molecule has 0 aliphatic heterocycles. The molecule has 170 valence electrons. The first-order valence-corrected chi connectivity index (χ1v) is 11.0. The van der Waals surface area contributed by atoms with Crippen molar-refractivity contribution in [2.45, 2.75) is 65.9 Å². The van der Waals surface area contributed by atoms with Crippen LogP contribution in [-0.4, -0.2) is 24.1 Å². The fraction of sp³-hybridized carbons (Fsp3) is 0.462. The monoisotopic (exact) mass is 426 g/mol. The zero-order valence-electron chi connectivity index (χ0n) is 19.6. The molecular weight excluding hydrogens is 388 g/mol. The van der Waals surface area contributed by atoms with Crippen molar-refractivity contribution >= 4 is 17.7 Å². The van der Waals surface area contributed by atoms with Crippen LogP contribution in [0.15, 0.2) is 60.7 Å². The van der Waals surface area contributed by atoms with Crippen molar-refractivity contribution < 1.29 is 14.3 Å². The Morgan fingerprint density at radius 3 is 2.32 bits per heavy atom. The smallest absolute Gasteiger partial charge is 0.412 e. The van der Waals surface area contributed by atoms with Crippen molar-refractivity contribution in [2.75, 3.05) is 11.9 Å². The third-order valence-electron chi connectivity index (χ3n) is 4.04. The van der Waals surface area contributed by atoms with Crippen LogP contribution < -0.4 is 10.6 Å². The molecule has 0 aliphatic rings. The van der Waals surface area contributed by atoms with Crippen molar-refractivity contribution in [2.24, 2.45) is 5.92 Å². The lowest BCUT2D eigenvalue weighted by Gasteiger charge is -2.19. The van der Waals surface area contributed by atoms with E-state index in [1.165, 1.54) is 5.56 Å². The van der Waals surface area contributed by atoms with Gasteiger partial charge in [-0.25, -0.2) is 4.79 Å². The minimum absolute atomic E-state index is 0.0464. The lowest BCUT2D eigenvalue weighted by molar-refractivity contribution is -0.116. The number of ether oxygens (including phenoxy) is 1. The maximum atomic E-state index is 11.8. The molecule has 0 saturated heterocycles. The summed E-state index contributed by atoms with van der Waals surface area (Å²) >= 11 is 0. The van der Waals surface area contributed by atoms with Gasteiger partial charge in [-0.2, -0.15) is 0 Å². The standard InChI is InChI=1S/C26H38N2O3/c1-21(2)20-27-24(29)15-13-11-9-7-6-8-10-12-14-22-16-18-23(19-17-22)28-25(30)31-26(3,4)5/h9-13,15-19,21H,6-8,14,20H2,1-5H3,(H,27,29)(H,28,30)/b11-9+,12-10+,15-13+. The van der Waals surface area contributed by atoms with Gasteiger partial charge in [-0.15, -0.1) is 0 Å². The van der Waals surface area contributed by atoms with Gasteiger partial charge in [0.2, 0.25) is 5.91 Å². The third kappa shape index (κ3) is 14.8. The highest BCUT2D eigenvalue weighted by Gasteiger charge is 2.15. The van der Waals surface area contributed by atoms with Gasteiger partial charge in [0, 0.05) is 18.3 Å². The molecule has 0 unspecified atom stereocenters. The van der Waals surface area contributed by atoms with E-state index in [1.54, 1.807) is 12.2 Å². The molecule has 1 aromatic carbocycles. The second-order valence-corrected chi connectivity index (χ2v) is 8.86. The van der Waals surface area contributed by atoms with Gasteiger partial charge in [0.25, 0.3) is 0 Å². The molecule has 0 fully saturated rings. The van der Waals surface area contributed by atoms with Gasteiger partial charge in [-0.3, -0.25) is 10.1 Å². The molecule has 5 nitrogen and oxygen atoms in total. The summed E-state index contributed by atoms with van der Waals surface area (Å²) in [5, 5.41) is 5.58. The number of allylic oxidation sites excluding steroid dienone is 5. The number of carbonyl (C=O) groups excluding carboxylic acids is 2. The van der Waals surface area contributed by atoms with E-state index in [-0.39, 0.29) is 5.91 Å². The Kier molecular flexibility index (Phi) is 12.0. The van der Waals surface area contributed by atoms with Crippen LogP contribution in [0.1, 0.15) is 59.4 Å². The second kappa shape index (κ2) is 14.2. The molecule has 0 aromatic heterocycles. The number of unbranched alkanes of at least 4 members (excludes halogenated alkanes) is 2. The number of nitrogens with one attached hydrogen (secondary N) is 2. The first-order valence-electron chi connectivity index (χ1n) is 11.0. The highest BCUT2D eigenvalue weighted by molar-refractivity contribution is 5.87. The molecule has 0 spiro atoms. The van der Waals surface area contributed by atoms with Gasteiger partial charge < -0.3 is 10.1 Å². The van der Waals surface area contributed by atoms with E-state index in [9.17, 15) is 9.59 Å². The van der Waals surface area contributed by atoms with Crippen LogP contribution in [0.4, 0.5) is 10.5 Å². The van der Waals surface area contributed by atoms with Gasteiger partial charge in [-0.1, -0.05) is 56.4 Å². The van der Waals surface area contributed by atoms with E-state index in [4.69, 9.17) is 4.74 Å². The first kappa shape index (κ1) is 26.2. The fourth-order valence-electron chi connectivity index (χ4n) is 2.52. The van der Waals surface area contributed by atoms with Crippen molar-refractivity contribution in [3.05, 3.63) is 66.3 Å². The average molecular weight is 427 g/mol. The maximum absolute atomic E-state index is 11.8. The second-order valence-electron chi connectivity index (χ2n) is 8.86. The van der Waals surface area contributed by atoms with Crippen molar-refractivity contribution in [3.8, 4) is 0 Å². The van der Waals surface area contributed by atoms with Crippen LogP contribution in [0.25, 0.3) is 0 Å². The molecule has 2 N–H and O–H groups in total. The number of rotatable bonds is 11. The number of carbonyl (C=O) groups is 2. The summed E-state index contributed by atoms with van der Waals surface area (Å²) in [5.74, 6) is 0.413. The van der Waals surface area contributed by atoms with E-state index >= 15 is 0 Å². The predicted octanol–water partition coefficient (Wildman–Crippen LogP) is 6.19. The van der Waals surface area contributed by atoms with Crippen LogP contribution in [0.5, 0.6) is 0 Å². The molecule has 0 heterocycles. The Bertz CT molecular complexity index is 754. The van der Waals surface area contributed by atoms with Gasteiger partial charge in [0.1, 0.15) is 5.60 Å². The molecule has 0 saturated carbocycles. The molecule has 2 amide bonds. The molecule has 31 heavy (non-hydrogen) atoms. The van der Waals surface area contributed by atoms with Crippen molar-refractivity contribution in [1.29, 1.82) is 0 Å². The Morgan fingerprint density at radius 1 is 1.00 bits per heavy atom. The van der Waals surface area contributed by atoms with E-state index in [0.717, 1.165) is 31.4 Å². The summed E-state index contributed by atoms with van der Waals surface area (Å²) in [6.45, 7) is 10.4. The van der Waals surface area contributed by atoms with E-state index in [2.05, 4.69) is 42.7 Å². The van der Waals surface area contributed by atoms with Gasteiger partial charge in [-0.05, 0) is 70.1 Å². The van der Waals surface area contributed by atoms with Crippen LogP contribution in [-0.2, 0) is 16.0 Å². The predicted molar refractivity (Wildman–Crippen MR) is 129 cm³/mol. The van der Waals surface area contributed by atoms with E-state index < -0.39 is 11.7 Å². The largest absolute Gasteiger partial charge is 0.444 e. The lowest BCUT2D eigenvalue weighted by atomic mass is 10.1. The van der Waals surface area contributed by atoms with E-state index in [1.807, 2.05) is 51.1 Å². The molecule has 1 rings (SSSR count). The fourth-order valence-corrected chi connectivity index (χ4v) is 2.52. The minimum atomic E-state index is -0.509. The summed E-state index contributed by atoms with van der Waals surface area (Å²) in [4.78, 5) is 23.3. The number of amides is 2. The molecular formula is C26H38N2O3. The summed E-state index contributed by atoms with van der Waals surface area (Å²) in [6, 6.07) is 7.77. The normalized spacial score (nSPS) is 12.2. The molecule has 0 bridgehead atoms. The zero-order valence-corrected chi connectivity index (χ0v) is 19.6. The summed E-state index contributed by atoms with van der Waals surface area (Å²) in [6.07, 6.45) is 15.2. The molecule has 1 aromatic rings. The van der Waals surface area contributed by atoms with Crippen LogP contribution in [0.2, 0.25) is 0 Å². The lowest BCUT2D eigenvalue weighted by Crippen LogP contribution is -2.27. The Balaban J connectivity index is 2.20. The molecule has 5 heteroatoms. The zero-order chi connectivity index (χ0) is 23.1. The number of benzene rings is 1. The van der Waals surface area contributed by atoms with Crippen LogP contribution in [0, 0.1) is 5.92 Å². The number of anilines is 1. The minimum Gasteiger partial charge on any atom is -0.444 e. The van der Waals surface area contributed by atoms with Crippen LogP contribution >= 0.6 is 0 Å². The number of hydrogen-bond acceptors (Lipinski definition) is 3. The Labute approximate surface area is 187 Å². The quantitative estimate of drug-likeness (QED) is 0.192. The van der Waals surface area contributed by atoms with Gasteiger partial charge in [0.15, 0.2) is 0 Å². The Hall–Kier alpha value is -2.82. The highest BCUT2D eigenvalue weighted by Crippen LogP contribution is 2.13. The topological polar surface area (TPSA) is 67.4 Å². The molecule has 0 atom stereocenters. The third-order valence-corrected chi connectivity index (χ3v) is 4.04. The SMILES string of the molecule is CC(C)CNC(=O)/C=C/C=C/CCC/C=C/Cc1ccc(NC(=O)OC(C)(C)C)cc1. The van der Waals surface area contributed by atoms with Crippen molar-refractivity contribution in [3.63, 3.8) is 0 Å². The summed E-state index contributed by atoms with van der Waals surface area (Å²) in [5.41, 5.74) is 1.40. The van der Waals surface area contributed by atoms with Gasteiger partial charge >= 0.3 is 6.09 Å². The first-order chi connectivity index (χ1) is 14.7. The number of hydrogen-bond donors (Lipinski definition) is 2.